The summed E-state index contributed by atoms with van der Waals surface area (Å²) in [6.07, 6.45) is 20.3. The molecular formula is C25H50S. The van der Waals surface area contributed by atoms with Crippen molar-refractivity contribution in [2.45, 2.75) is 130 Å². The Morgan fingerprint density at radius 1 is 0.731 bits per heavy atom. The van der Waals surface area contributed by atoms with E-state index < -0.39 is 0 Å². The molecule has 1 fully saturated rings. The van der Waals surface area contributed by atoms with Crippen molar-refractivity contribution < 1.29 is 0 Å². The lowest BCUT2D eigenvalue weighted by Crippen LogP contribution is -2.32. The average Bonchev–Trinajstić information content (AvgIpc) is 2.67. The van der Waals surface area contributed by atoms with Crippen molar-refractivity contribution in [3.63, 3.8) is 0 Å². The molecule has 156 valence electrons. The van der Waals surface area contributed by atoms with Gasteiger partial charge in [0.1, 0.15) is 0 Å². The minimum Gasteiger partial charge on any atom is -0.158 e. The van der Waals surface area contributed by atoms with E-state index in [1.807, 2.05) is 0 Å². The van der Waals surface area contributed by atoms with E-state index >= 15 is 0 Å². The molecule has 1 saturated carbocycles. The Balaban J connectivity index is 2.61. The van der Waals surface area contributed by atoms with Gasteiger partial charge < -0.3 is 0 Å². The van der Waals surface area contributed by atoms with Crippen molar-refractivity contribution >= 4 is 11.8 Å². The summed E-state index contributed by atoms with van der Waals surface area (Å²) in [5.74, 6) is 5.41. The molecule has 0 aromatic rings. The molecule has 1 aliphatic carbocycles. The fourth-order valence-corrected chi connectivity index (χ4v) is 6.92. The van der Waals surface area contributed by atoms with Gasteiger partial charge in [0.15, 0.2) is 0 Å². The maximum Gasteiger partial charge on any atom is 0.00470 e. The Morgan fingerprint density at radius 2 is 1.35 bits per heavy atom. The summed E-state index contributed by atoms with van der Waals surface area (Å²) in [6, 6.07) is 0. The molecule has 0 heterocycles. The number of hydrogen-bond donors (Lipinski definition) is 0. The normalized spacial score (nSPS) is 24.3. The summed E-state index contributed by atoms with van der Waals surface area (Å²) in [7, 11) is 0. The van der Waals surface area contributed by atoms with Gasteiger partial charge in [-0.25, -0.2) is 0 Å². The van der Waals surface area contributed by atoms with Crippen LogP contribution in [-0.2, 0) is 0 Å². The number of rotatable bonds is 15. The van der Waals surface area contributed by atoms with Crippen molar-refractivity contribution in [3.05, 3.63) is 0 Å². The second-order valence-electron chi connectivity index (χ2n) is 9.17. The summed E-state index contributed by atoms with van der Waals surface area (Å²) in [4.78, 5) is 0. The Labute approximate surface area is 171 Å². The Hall–Kier alpha value is 0.350. The van der Waals surface area contributed by atoms with Crippen LogP contribution in [0.3, 0.4) is 0 Å². The third kappa shape index (κ3) is 9.03. The number of unbranched alkanes of at least 4 members (excludes halogenated alkanes) is 2. The van der Waals surface area contributed by atoms with E-state index in [1.54, 1.807) is 0 Å². The van der Waals surface area contributed by atoms with E-state index in [1.165, 1.54) is 95.6 Å². The molecule has 0 aliphatic heterocycles. The first-order valence-electron chi connectivity index (χ1n) is 12.3. The Morgan fingerprint density at radius 3 is 1.96 bits per heavy atom. The van der Waals surface area contributed by atoms with Crippen molar-refractivity contribution in [3.8, 4) is 0 Å². The number of hydrogen-bond acceptors (Lipinski definition) is 1. The largest absolute Gasteiger partial charge is 0.158 e. The average molecular weight is 383 g/mol. The zero-order valence-corrected chi connectivity index (χ0v) is 19.7. The topological polar surface area (TPSA) is 0 Å². The van der Waals surface area contributed by atoms with E-state index in [-0.39, 0.29) is 0 Å². The summed E-state index contributed by atoms with van der Waals surface area (Å²) in [5, 5.41) is 0.927. The van der Waals surface area contributed by atoms with Crippen LogP contribution in [0.2, 0.25) is 0 Å². The van der Waals surface area contributed by atoms with Crippen molar-refractivity contribution in [2.24, 2.45) is 23.7 Å². The molecule has 0 nitrogen and oxygen atoms in total. The Bertz CT molecular complexity index is 313. The monoisotopic (exact) mass is 382 g/mol. The van der Waals surface area contributed by atoms with Gasteiger partial charge in [0.2, 0.25) is 0 Å². The van der Waals surface area contributed by atoms with E-state index in [2.05, 4.69) is 46.4 Å². The van der Waals surface area contributed by atoms with Gasteiger partial charge in [-0.2, -0.15) is 11.8 Å². The summed E-state index contributed by atoms with van der Waals surface area (Å²) in [5.41, 5.74) is 0. The first-order chi connectivity index (χ1) is 12.7. The number of thioether (sulfide) groups is 1. The maximum atomic E-state index is 2.60. The zero-order chi connectivity index (χ0) is 19.2. The van der Waals surface area contributed by atoms with E-state index in [0.717, 1.165) is 28.9 Å². The first-order valence-corrected chi connectivity index (χ1v) is 13.3. The van der Waals surface area contributed by atoms with Crippen molar-refractivity contribution in [1.29, 1.82) is 0 Å². The van der Waals surface area contributed by atoms with Crippen molar-refractivity contribution in [1.82, 2.24) is 0 Å². The molecule has 0 aromatic carbocycles. The van der Waals surface area contributed by atoms with E-state index in [4.69, 9.17) is 0 Å². The molecule has 0 bridgehead atoms. The van der Waals surface area contributed by atoms with Crippen LogP contribution in [0.25, 0.3) is 0 Å². The SMILES string of the molecule is CCCCC(CCC)SCC(C)C1CCCCC1C(CCC)CCCC. The predicted octanol–water partition coefficient (Wildman–Crippen LogP) is 9.13. The minimum absolute atomic E-state index is 0.923. The highest BCUT2D eigenvalue weighted by molar-refractivity contribution is 7.99. The molecule has 5 atom stereocenters. The molecule has 0 radical (unpaired) electrons. The van der Waals surface area contributed by atoms with Crippen molar-refractivity contribution in [2.75, 3.05) is 5.75 Å². The first kappa shape index (κ1) is 24.4. The van der Waals surface area contributed by atoms with E-state index in [0.29, 0.717) is 0 Å². The summed E-state index contributed by atoms with van der Waals surface area (Å²) >= 11 is 2.33. The molecule has 1 rings (SSSR count). The van der Waals surface area contributed by atoms with Gasteiger partial charge in [-0.3, -0.25) is 0 Å². The third-order valence-corrected chi connectivity index (χ3v) is 8.55. The summed E-state index contributed by atoms with van der Waals surface area (Å²) < 4.78 is 0. The minimum atomic E-state index is 0.923. The van der Waals surface area contributed by atoms with Gasteiger partial charge in [-0.15, -0.1) is 0 Å². The molecule has 0 amide bonds. The van der Waals surface area contributed by atoms with Gasteiger partial charge in [-0.1, -0.05) is 98.8 Å². The molecule has 26 heavy (non-hydrogen) atoms. The zero-order valence-electron chi connectivity index (χ0n) is 18.9. The molecular weight excluding hydrogens is 332 g/mol. The third-order valence-electron chi connectivity index (χ3n) is 6.88. The highest BCUT2D eigenvalue weighted by Gasteiger charge is 2.34. The second kappa shape index (κ2) is 15.3. The van der Waals surface area contributed by atoms with Crippen LogP contribution in [0.15, 0.2) is 0 Å². The lowest BCUT2D eigenvalue weighted by atomic mass is 9.66. The van der Waals surface area contributed by atoms with Crippen LogP contribution in [0.1, 0.15) is 125 Å². The molecule has 0 saturated heterocycles. The summed E-state index contributed by atoms with van der Waals surface area (Å²) in [6.45, 7) is 12.1. The van der Waals surface area contributed by atoms with Gasteiger partial charge in [0.25, 0.3) is 0 Å². The van der Waals surface area contributed by atoms with Crippen LogP contribution < -0.4 is 0 Å². The standard InChI is InChI=1S/C25H50S/c1-6-10-16-22(14-8-3)25-19-13-12-18-24(25)21(5)20-26-23(15-9-4)17-11-7-2/h21-25H,6-20H2,1-5H3. The molecule has 0 aromatic heterocycles. The molecule has 1 aliphatic rings. The van der Waals surface area contributed by atoms with Crippen LogP contribution in [0.5, 0.6) is 0 Å². The fraction of sp³-hybridized carbons (Fsp3) is 1.00. The van der Waals surface area contributed by atoms with Gasteiger partial charge in [0, 0.05) is 5.25 Å². The van der Waals surface area contributed by atoms with Gasteiger partial charge in [0.05, 0.1) is 0 Å². The quantitative estimate of drug-likeness (QED) is 0.272. The fourth-order valence-electron chi connectivity index (χ4n) is 5.37. The van der Waals surface area contributed by atoms with Gasteiger partial charge in [-0.05, 0) is 55.1 Å². The highest BCUT2D eigenvalue weighted by atomic mass is 32.2. The van der Waals surface area contributed by atoms with Crippen LogP contribution in [0.4, 0.5) is 0 Å². The maximum absolute atomic E-state index is 2.60. The van der Waals surface area contributed by atoms with Crippen LogP contribution in [-0.4, -0.2) is 11.0 Å². The molecule has 5 unspecified atom stereocenters. The van der Waals surface area contributed by atoms with Gasteiger partial charge >= 0.3 is 0 Å². The highest BCUT2D eigenvalue weighted by Crippen LogP contribution is 2.44. The lowest BCUT2D eigenvalue weighted by Gasteiger charge is -2.41. The Kier molecular flexibility index (Phi) is 14.3. The smallest absolute Gasteiger partial charge is 0.00470 e. The molecule has 0 N–H and O–H groups in total. The van der Waals surface area contributed by atoms with Crippen LogP contribution in [0, 0.1) is 23.7 Å². The molecule has 1 heteroatoms. The van der Waals surface area contributed by atoms with E-state index in [9.17, 15) is 0 Å². The predicted molar refractivity (Wildman–Crippen MR) is 123 cm³/mol. The second-order valence-corrected chi connectivity index (χ2v) is 10.5. The van der Waals surface area contributed by atoms with Crippen LogP contribution >= 0.6 is 11.8 Å². The lowest BCUT2D eigenvalue weighted by molar-refractivity contribution is 0.109. The molecule has 0 spiro atoms.